The molecule has 0 spiro atoms. The van der Waals surface area contributed by atoms with Crippen LogP contribution in [0.1, 0.15) is 36.8 Å². The lowest BCUT2D eigenvalue weighted by atomic mass is 9.78. The minimum absolute atomic E-state index is 0.181. The van der Waals surface area contributed by atoms with Gasteiger partial charge in [-0.25, -0.2) is 0 Å². The van der Waals surface area contributed by atoms with Crippen LogP contribution in [0.5, 0.6) is 0 Å². The maximum Gasteiger partial charge on any atom is 0.245 e. The molecule has 2 amide bonds. The third-order valence-electron chi connectivity index (χ3n) is 5.38. The molecular formula is C22H25IN2O3. The second-order valence-corrected chi connectivity index (χ2v) is 8.46. The first-order valence-electron chi connectivity index (χ1n) is 9.55. The number of aliphatic hydroxyl groups excluding tert-OH is 1. The minimum atomic E-state index is -0.962. The molecule has 1 aliphatic carbocycles. The number of carbonyl (C=O) groups is 2. The fourth-order valence-electron chi connectivity index (χ4n) is 3.83. The second-order valence-electron chi connectivity index (χ2n) is 7.21. The molecule has 3 N–H and O–H groups in total. The maximum atomic E-state index is 13.2. The molecule has 148 valence electrons. The van der Waals surface area contributed by atoms with Gasteiger partial charge in [0.2, 0.25) is 11.8 Å². The van der Waals surface area contributed by atoms with Crippen molar-refractivity contribution in [2.45, 2.75) is 43.7 Å². The fourth-order valence-corrected chi connectivity index (χ4v) is 4.44. The van der Waals surface area contributed by atoms with E-state index in [-0.39, 0.29) is 11.8 Å². The van der Waals surface area contributed by atoms with E-state index in [4.69, 9.17) is 0 Å². The first-order valence-corrected chi connectivity index (χ1v) is 10.6. The Balaban J connectivity index is 1.67. The lowest BCUT2D eigenvalue weighted by molar-refractivity contribution is -0.133. The molecule has 2 aromatic rings. The van der Waals surface area contributed by atoms with Crippen molar-refractivity contribution in [1.29, 1.82) is 0 Å². The summed E-state index contributed by atoms with van der Waals surface area (Å²) >= 11 is 2.22. The van der Waals surface area contributed by atoms with Gasteiger partial charge in [-0.05, 0) is 58.7 Å². The van der Waals surface area contributed by atoms with Gasteiger partial charge in [-0.1, -0.05) is 55.3 Å². The van der Waals surface area contributed by atoms with Crippen LogP contribution in [0, 0.1) is 3.57 Å². The molecule has 1 unspecified atom stereocenters. The fraction of sp³-hybridized carbons (Fsp3) is 0.364. The Labute approximate surface area is 179 Å². The number of amides is 2. The van der Waals surface area contributed by atoms with E-state index in [1.54, 1.807) is 0 Å². The predicted molar refractivity (Wildman–Crippen MR) is 117 cm³/mol. The van der Waals surface area contributed by atoms with E-state index in [2.05, 4.69) is 33.2 Å². The van der Waals surface area contributed by atoms with Crippen LogP contribution >= 0.6 is 22.6 Å². The quantitative estimate of drug-likeness (QED) is 0.521. The van der Waals surface area contributed by atoms with Crippen LogP contribution in [0.4, 0.5) is 0 Å². The van der Waals surface area contributed by atoms with Crippen molar-refractivity contribution in [3.05, 3.63) is 69.3 Å². The molecule has 0 radical (unpaired) electrons. The molecular weight excluding hydrogens is 467 g/mol. The Bertz CT molecular complexity index is 820. The molecule has 6 heteroatoms. The van der Waals surface area contributed by atoms with Gasteiger partial charge >= 0.3 is 0 Å². The highest BCUT2D eigenvalue weighted by atomic mass is 127. The van der Waals surface area contributed by atoms with Crippen molar-refractivity contribution in [2.75, 3.05) is 6.61 Å². The molecule has 0 heterocycles. The summed E-state index contributed by atoms with van der Waals surface area (Å²) in [5.41, 5.74) is 1.32. The summed E-state index contributed by atoms with van der Waals surface area (Å²) in [7, 11) is 0. The molecule has 0 aliphatic heterocycles. The molecule has 2 aromatic carbocycles. The van der Waals surface area contributed by atoms with Gasteiger partial charge in [-0.2, -0.15) is 0 Å². The van der Waals surface area contributed by atoms with Crippen LogP contribution in [0.2, 0.25) is 0 Å². The third kappa shape index (κ3) is 4.72. The van der Waals surface area contributed by atoms with Crippen LogP contribution in [0.15, 0.2) is 54.6 Å². The average Bonchev–Trinajstić information content (AvgIpc) is 3.22. The van der Waals surface area contributed by atoms with E-state index in [0.29, 0.717) is 6.54 Å². The van der Waals surface area contributed by atoms with Crippen LogP contribution < -0.4 is 10.6 Å². The predicted octanol–water partition coefficient (Wildman–Crippen LogP) is 2.90. The molecule has 1 atom stereocenters. The van der Waals surface area contributed by atoms with E-state index in [1.807, 2.05) is 54.6 Å². The summed E-state index contributed by atoms with van der Waals surface area (Å²) in [5.74, 6) is -0.560. The molecule has 1 aliphatic rings. The summed E-state index contributed by atoms with van der Waals surface area (Å²) in [6, 6.07) is 16.6. The molecule has 28 heavy (non-hydrogen) atoms. The number of carbonyl (C=O) groups excluding carboxylic acids is 2. The topological polar surface area (TPSA) is 78.4 Å². The van der Waals surface area contributed by atoms with Crippen molar-refractivity contribution < 1.29 is 14.7 Å². The summed E-state index contributed by atoms with van der Waals surface area (Å²) in [6.45, 7) is -0.0827. The number of benzene rings is 2. The van der Waals surface area contributed by atoms with Crippen molar-refractivity contribution in [2.24, 2.45) is 0 Å². The summed E-state index contributed by atoms with van der Waals surface area (Å²) in [4.78, 5) is 25.7. The van der Waals surface area contributed by atoms with Gasteiger partial charge in [-0.15, -0.1) is 0 Å². The zero-order chi connectivity index (χ0) is 20.0. The van der Waals surface area contributed by atoms with Gasteiger partial charge in [-0.3, -0.25) is 9.59 Å². The van der Waals surface area contributed by atoms with Crippen LogP contribution in [-0.2, 0) is 21.5 Å². The standard InChI is InChI=1S/C22H25IN2O3/c23-18-10-6-7-16(13-18)14-24-20(27)19(15-26)25-21(28)22(11-4-5-12-22)17-8-2-1-3-9-17/h1-3,6-10,13,19,26H,4-5,11-12,14-15H2,(H,24,27)(H,25,28). The summed E-state index contributed by atoms with van der Waals surface area (Å²) < 4.78 is 1.09. The lowest BCUT2D eigenvalue weighted by Gasteiger charge is -2.30. The third-order valence-corrected chi connectivity index (χ3v) is 6.05. The molecule has 1 saturated carbocycles. The SMILES string of the molecule is O=C(NCc1cccc(I)c1)C(CO)NC(=O)C1(c2ccccc2)CCCC1. The van der Waals surface area contributed by atoms with Gasteiger partial charge in [0.1, 0.15) is 6.04 Å². The number of nitrogens with one attached hydrogen (secondary N) is 2. The van der Waals surface area contributed by atoms with Crippen molar-refractivity contribution in [3.8, 4) is 0 Å². The van der Waals surface area contributed by atoms with Crippen molar-refractivity contribution in [3.63, 3.8) is 0 Å². The molecule has 3 rings (SSSR count). The molecule has 5 nitrogen and oxygen atoms in total. The van der Waals surface area contributed by atoms with E-state index in [0.717, 1.165) is 40.4 Å². The molecule has 0 saturated heterocycles. The number of halogens is 1. The van der Waals surface area contributed by atoms with Crippen molar-refractivity contribution in [1.82, 2.24) is 10.6 Å². The minimum Gasteiger partial charge on any atom is -0.394 e. The first kappa shape index (κ1) is 20.8. The van der Waals surface area contributed by atoms with E-state index >= 15 is 0 Å². The molecule has 0 bridgehead atoms. The zero-order valence-electron chi connectivity index (χ0n) is 15.7. The van der Waals surface area contributed by atoms with E-state index < -0.39 is 18.1 Å². The van der Waals surface area contributed by atoms with Crippen LogP contribution in [0.3, 0.4) is 0 Å². The molecule has 1 fully saturated rings. The highest BCUT2D eigenvalue weighted by Gasteiger charge is 2.43. The number of hydrogen-bond donors (Lipinski definition) is 3. The average molecular weight is 492 g/mol. The second kappa shape index (κ2) is 9.52. The highest BCUT2D eigenvalue weighted by molar-refractivity contribution is 14.1. The normalized spacial score (nSPS) is 16.4. The van der Waals surface area contributed by atoms with E-state index in [9.17, 15) is 14.7 Å². The zero-order valence-corrected chi connectivity index (χ0v) is 17.8. The Kier molecular flexibility index (Phi) is 7.07. The summed E-state index contributed by atoms with van der Waals surface area (Å²) in [6.07, 6.45) is 3.46. The Morgan fingerprint density at radius 3 is 2.43 bits per heavy atom. The van der Waals surface area contributed by atoms with Gasteiger partial charge in [0, 0.05) is 10.1 Å². The van der Waals surface area contributed by atoms with Gasteiger partial charge in [0.25, 0.3) is 0 Å². The maximum absolute atomic E-state index is 13.2. The Morgan fingerprint density at radius 1 is 1.07 bits per heavy atom. The first-order chi connectivity index (χ1) is 13.5. The number of aliphatic hydroxyl groups is 1. The van der Waals surface area contributed by atoms with Gasteiger partial charge in [0.15, 0.2) is 0 Å². The smallest absolute Gasteiger partial charge is 0.245 e. The molecule has 0 aromatic heterocycles. The van der Waals surface area contributed by atoms with Crippen LogP contribution in [0.25, 0.3) is 0 Å². The Morgan fingerprint density at radius 2 is 1.79 bits per heavy atom. The number of rotatable bonds is 7. The lowest BCUT2D eigenvalue weighted by Crippen LogP contribution is -2.54. The number of hydrogen-bond acceptors (Lipinski definition) is 3. The van der Waals surface area contributed by atoms with E-state index in [1.165, 1.54) is 0 Å². The monoisotopic (exact) mass is 492 g/mol. The van der Waals surface area contributed by atoms with Crippen LogP contribution in [-0.4, -0.2) is 29.6 Å². The largest absolute Gasteiger partial charge is 0.394 e. The Hall–Kier alpha value is -1.93. The highest BCUT2D eigenvalue weighted by Crippen LogP contribution is 2.41. The van der Waals surface area contributed by atoms with Gasteiger partial charge < -0.3 is 15.7 Å². The van der Waals surface area contributed by atoms with Crippen molar-refractivity contribution >= 4 is 34.4 Å². The summed E-state index contributed by atoms with van der Waals surface area (Å²) in [5, 5.41) is 15.3. The van der Waals surface area contributed by atoms with Gasteiger partial charge in [0.05, 0.1) is 12.0 Å².